The van der Waals surface area contributed by atoms with Gasteiger partial charge >= 0.3 is 0 Å². The van der Waals surface area contributed by atoms with Crippen molar-refractivity contribution in [2.45, 2.75) is 50.5 Å². The van der Waals surface area contributed by atoms with Gasteiger partial charge in [-0.15, -0.1) is 0 Å². The summed E-state index contributed by atoms with van der Waals surface area (Å²) in [5.41, 5.74) is 3.02. The molecule has 6 nitrogen and oxygen atoms in total. The minimum absolute atomic E-state index is 0.219. The SMILES string of the molecule is OC1[C@@H](O)O[C@H](C(COCc2ccccc2)OCc2ccccc2)[C@H]1OCc1ccccc1. The molecule has 33 heavy (non-hydrogen) atoms. The van der Waals surface area contributed by atoms with Gasteiger partial charge in [-0.2, -0.15) is 0 Å². The molecule has 1 saturated heterocycles. The number of aliphatic hydroxyl groups is 2. The Labute approximate surface area is 194 Å². The molecule has 0 aromatic heterocycles. The molecule has 1 aliphatic rings. The van der Waals surface area contributed by atoms with Crippen molar-refractivity contribution >= 4 is 0 Å². The first-order valence-electron chi connectivity index (χ1n) is 11.1. The Bertz CT molecular complexity index is 937. The molecule has 1 aliphatic heterocycles. The summed E-state index contributed by atoms with van der Waals surface area (Å²) < 4.78 is 23.8. The van der Waals surface area contributed by atoms with Crippen LogP contribution in [0.4, 0.5) is 0 Å². The van der Waals surface area contributed by atoms with Crippen LogP contribution in [0.15, 0.2) is 91.0 Å². The van der Waals surface area contributed by atoms with Crippen LogP contribution in [0, 0.1) is 0 Å². The van der Waals surface area contributed by atoms with Crippen LogP contribution >= 0.6 is 0 Å². The largest absolute Gasteiger partial charge is 0.385 e. The van der Waals surface area contributed by atoms with Crippen LogP contribution in [0.5, 0.6) is 0 Å². The molecular weight excluding hydrogens is 420 g/mol. The van der Waals surface area contributed by atoms with Crippen molar-refractivity contribution in [2.24, 2.45) is 0 Å². The molecule has 0 bridgehead atoms. The highest BCUT2D eigenvalue weighted by Gasteiger charge is 2.48. The third kappa shape index (κ3) is 6.71. The summed E-state index contributed by atoms with van der Waals surface area (Å²) in [6, 6.07) is 29.3. The second kappa shape index (κ2) is 12.0. The standard InChI is InChI=1S/C27H30O6/c28-24-26(32-18-22-14-8-3-9-15-22)25(33-27(24)29)23(31-17-21-12-6-2-7-13-21)19-30-16-20-10-4-1-5-11-20/h1-15,23-29H,16-19H2/t23?,24?,25-,26+,27+/m1/s1. The number of aliphatic hydroxyl groups excluding tert-OH is 2. The molecule has 174 valence electrons. The van der Waals surface area contributed by atoms with Crippen molar-refractivity contribution in [3.8, 4) is 0 Å². The number of hydrogen-bond acceptors (Lipinski definition) is 6. The number of benzene rings is 3. The molecule has 6 heteroatoms. The average molecular weight is 451 g/mol. The van der Waals surface area contributed by atoms with Gasteiger partial charge in [0.05, 0.1) is 26.4 Å². The van der Waals surface area contributed by atoms with Crippen molar-refractivity contribution in [1.82, 2.24) is 0 Å². The molecule has 2 unspecified atom stereocenters. The van der Waals surface area contributed by atoms with Crippen molar-refractivity contribution in [3.63, 3.8) is 0 Å². The van der Waals surface area contributed by atoms with Gasteiger partial charge < -0.3 is 29.2 Å². The first-order valence-corrected chi connectivity index (χ1v) is 11.1. The molecule has 0 radical (unpaired) electrons. The maximum atomic E-state index is 10.5. The van der Waals surface area contributed by atoms with Crippen LogP contribution in [-0.4, -0.2) is 47.5 Å². The first kappa shape index (κ1) is 23.6. The van der Waals surface area contributed by atoms with E-state index in [-0.39, 0.29) is 13.2 Å². The molecule has 2 N–H and O–H groups in total. The molecule has 0 spiro atoms. The molecule has 5 atom stereocenters. The fourth-order valence-electron chi connectivity index (χ4n) is 3.82. The molecule has 3 aromatic carbocycles. The van der Waals surface area contributed by atoms with E-state index >= 15 is 0 Å². The van der Waals surface area contributed by atoms with Crippen LogP contribution in [0.2, 0.25) is 0 Å². The van der Waals surface area contributed by atoms with Gasteiger partial charge in [0.15, 0.2) is 6.29 Å². The van der Waals surface area contributed by atoms with E-state index in [0.29, 0.717) is 13.2 Å². The zero-order valence-corrected chi connectivity index (χ0v) is 18.4. The zero-order valence-electron chi connectivity index (χ0n) is 18.4. The molecule has 3 aromatic rings. The highest BCUT2D eigenvalue weighted by Crippen LogP contribution is 2.28. The van der Waals surface area contributed by atoms with E-state index in [1.165, 1.54) is 0 Å². The van der Waals surface area contributed by atoms with E-state index in [1.54, 1.807) is 0 Å². The van der Waals surface area contributed by atoms with Crippen LogP contribution < -0.4 is 0 Å². The highest BCUT2D eigenvalue weighted by atomic mass is 16.7. The second-order valence-corrected chi connectivity index (χ2v) is 8.08. The Kier molecular flexibility index (Phi) is 8.60. The Morgan fingerprint density at radius 3 is 1.79 bits per heavy atom. The van der Waals surface area contributed by atoms with E-state index in [0.717, 1.165) is 16.7 Å². The number of ether oxygens (including phenoxy) is 4. The first-order chi connectivity index (χ1) is 16.2. The van der Waals surface area contributed by atoms with Gasteiger partial charge in [0.2, 0.25) is 0 Å². The maximum Gasteiger partial charge on any atom is 0.184 e. The molecule has 0 saturated carbocycles. The van der Waals surface area contributed by atoms with Gasteiger partial charge in [-0.25, -0.2) is 0 Å². The normalized spacial score (nSPS) is 23.5. The average Bonchev–Trinajstić information content (AvgIpc) is 3.15. The summed E-state index contributed by atoms with van der Waals surface area (Å²) in [4.78, 5) is 0. The van der Waals surface area contributed by atoms with E-state index in [4.69, 9.17) is 18.9 Å². The van der Waals surface area contributed by atoms with Crippen LogP contribution in [0.25, 0.3) is 0 Å². The highest BCUT2D eigenvalue weighted by molar-refractivity contribution is 5.15. The summed E-state index contributed by atoms with van der Waals surface area (Å²) in [5.74, 6) is 0. The molecule has 0 amide bonds. The van der Waals surface area contributed by atoms with Crippen LogP contribution in [-0.2, 0) is 38.8 Å². The predicted molar refractivity (Wildman–Crippen MR) is 123 cm³/mol. The van der Waals surface area contributed by atoms with Gasteiger partial charge in [-0.1, -0.05) is 91.0 Å². The topological polar surface area (TPSA) is 77.4 Å². The molecule has 4 rings (SSSR count). The number of rotatable bonds is 11. The fourth-order valence-corrected chi connectivity index (χ4v) is 3.82. The van der Waals surface area contributed by atoms with Gasteiger partial charge in [0, 0.05) is 0 Å². The Balaban J connectivity index is 1.44. The summed E-state index contributed by atoms with van der Waals surface area (Å²) in [7, 11) is 0. The van der Waals surface area contributed by atoms with E-state index < -0.39 is 30.7 Å². The maximum absolute atomic E-state index is 10.5. The second-order valence-electron chi connectivity index (χ2n) is 8.08. The Morgan fingerprint density at radius 1 is 0.697 bits per heavy atom. The van der Waals surface area contributed by atoms with Crippen molar-refractivity contribution in [1.29, 1.82) is 0 Å². The lowest BCUT2D eigenvalue weighted by molar-refractivity contribution is -0.170. The summed E-state index contributed by atoms with van der Waals surface area (Å²) in [6.45, 7) is 1.26. The van der Waals surface area contributed by atoms with Gasteiger partial charge in [-0.05, 0) is 16.7 Å². The van der Waals surface area contributed by atoms with Crippen LogP contribution in [0.3, 0.4) is 0 Å². The fraction of sp³-hybridized carbons (Fsp3) is 0.333. The third-order valence-corrected chi connectivity index (χ3v) is 5.60. The summed E-state index contributed by atoms with van der Waals surface area (Å²) >= 11 is 0. The lowest BCUT2D eigenvalue weighted by Crippen LogP contribution is -2.44. The Hall–Kier alpha value is -2.58. The Morgan fingerprint density at radius 2 is 1.21 bits per heavy atom. The molecule has 1 fully saturated rings. The van der Waals surface area contributed by atoms with Gasteiger partial charge in [-0.3, -0.25) is 0 Å². The third-order valence-electron chi connectivity index (χ3n) is 5.60. The quantitative estimate of drug-likeness (QED) is 0.466. The van der Waals surface area contributed by atoms with Crippen molar-refractivity contribution in [2.75, 3.05) is 6.61 Å². The van der Waals surface area contributed by atoms with Crippen molar-refractivity contribution < 1.29 is 29.2 Å². The lowest BCUT2D eigenvalue weighted by atomic mass is 10.1. The van der Waals surface area contributed by atoms with Crippen LogP contribution in [0.1, 0.15) is 16.7 Å². The van der Waals surface area contributed by atoms with Crippen molar-refractivity contribution in [3.05, 3.63) is 108 Å². The predicted octanol–water partition coefficient (Wildman–Crippen LogP) is 3.45. The van der Waals surface area contributed by atoms with E-state index in [2.05, 4.69) is 0 Å². The smallest absolute Gasteiger partial charge is 0.184 e. The number of hydrogen-bond donors (Lipinski definition) is 2. The lowest BCUT2D eigenvalue weighted by Gasteiger charge is -2.28. The molecule has 1 heterocycles. The summed E-state index contributed by atoms with van der Waals surface area (Å²) in [5, 5.41) is 20.8. The molecule has 0 aliphatic carbocycles. The zero-order chi connectivity index (χ0) is 22.9. The van der Waals surface area contributed by atoms with E-state index in [1.807, 2.05) is 91.0 Å². The summed E-state index contributed by atoms with van der Waals surface area (Å²) in [6.07, 6.45) is -4.55. The minimum atomic E-state index is -1.35. The van der Waals surface area contributed by atoms with Gasteiger partial charge in [0.1, 0.15) is 24.4 Å². The van der Waals surface area contributed by atoms with E-state index in [9.17, 15) is 10.2 Å². The minimum Gasteiger partial charge on any atom is -0.385 e. The molecular formula is C27H30O6. The monoisotopic (exact) mass is 450 g/mol. The van der Waals surface area contributed by atoms with Gasteiger partial charge in [0.25, 0.3) is 0 Å².